The Balaban J connectivity index is 3.58. The van der Waals surface area contributed by atoms with Crippen LogP contribution in [-0.2, 0) is 9.59 Å². The van der Waals surface area contributed by atoms with Crippen LogP contribution in [0.5, 0.6) is 0 Å². The summed E-state index contributed by atoms with van der Waals surface area (Å²) in [7, 11) is 0. The molecule has 6 nitrogen and oxygen atoms in total. The van der Waals surface area contributed by atoms with Crippen molar-refractivity contribution < 1.29 is 19.8 Å². The molecule has 0 rings (SSSR count). The first-order chi connectivity index (χ1) is 6.43. The molecule has 0 aliphatic heterocycles. The molecule has 6 heteroatoms. The van der Waals surface area contributed by atoms with Crippen LogP contribution in [0.1, 0.15) is 25.7 Å². The molecule has 82 valence electrons. The number of hydrogen-bond acceptors (Lipinski definition) is 4. The lowest BCUT2D eigenvalue weighted by Gasteiger charge is -2.11. The lowest BCUT2D eigenvalue weighted by molar-refractivity contribution is -0.139. The van der Waals surface area contributed by atoms with Gasteiger partial charge in [0.25, 0.3) is 0 Å². The average Bonchev–Trinajstić information content (AvgIpc) is 2.10. The molecule has 0 bridgehead atoms. The summed E-state index contributed by atoms with van der Waals surface area (Å²) >= 11 is 0. The van der Waals surface area contributed by atoms with Gasteiger partial charge in [0.2, 0.25) is 0 Å². The van der Waals surface area contributed by atoms with Gasteiger partial charge in [-0.15, -0.1) is 0 Å². The van der Waals surface area contributed by atoms with Gasteiger partial charge in [0, 0.05) is 12.5 Å². The lowest BCUT2D eigenvalue weighted by Crippen LogP contribution is -2.32. The van der Waals surface area contributed by atoms with Gasteiger partial charge in [-0.1, -0.05) is 0 Å². The van der Waals surface area contributed by atoms with Crippen LogP contribution >= 0.6 is 0 Å². The number of hydrogen-bond donors (Lipinski definition) is 4. The van der Waals surface area contributed by atoms with E-state index in [1.165, 1.54) is 0 Å². The monoisotopic (exact) mass is 204 g/mol. The van der Waals surface area contributed by atoms with E-state index in [1.54, 1.807) is 0 Å². The van der Waals surface area contributed by atoms with Crippen molar-refractivity contribution in [1.82, 2.24) is 0 Å². The molecule has 0 aliphatic carbocycles. The largest absolute Gasteiger partial charge is 0.481 e. The zero-order chi connectivity index (χ0) is 11.1. The lowest BCUT2D eigenvalue weighted by atomic mass is 10.0. The molecule has 14 heavy (non-hydrogen) atoms. The van der Waals surface area contributed by atoms with Gasteiger partial charge in [-0.25, -0.2) is 0 Å². The quantitative estimate of drug-likeness (QED) is 0.437. The van der Waals surface area contributed by atoms with Crippen molar-refractivity contribution in [3.05, 3.63) is 0 Å². The molecular weight excluding hydrogens is 188 g/mol. The highest BCUT2D eigenvalue weighted by atomic mass is 16.4. The van der Waals surface area contributed by atoms with Gasteiger partial charge in [-0.3, -0.25) is 9.59 Å². The Morgan fingerprint density at radius 1 is 1.07 bits per heavy atom. The fraction of sp³-hybridized carbons (Fsp3) is 0.750. The van der Waals surface area contributed by atoms with Crippen molar-refractivity contribution in [3.63, 3.8) is 0 Å². The number of carboxylic acid groups (broad SMARTS) is 2. The number of carbonyl (C=O) groups is 2. The fourth-order valence-electron chi connectivity index (χ4n) is 0.970. The van der Waals surface area contributed by atoms with E-state index in [4.69, 9.17) is 21.7 Å². The first-order valence-corrected chi connectivity index (χ1v) is 4.39. The average molecular weight is 204 g/mol. The molecule has 0 saturated heterocycles. The highest BCUT2D eigenvalue weighted by molar-refractivity contribution is 5.72. The van der Waals surface area contributed by atoms with Crippen LogP contribution in [0.25, 0.3) is 0 Å². The molecule has 0 heterocycles. The Kier molecular flexibility index (Phi) is 5.82. The van der Waals surface area contributed by atoms with Crippen LogP contribution < -0.4 is 11.5 Å². The van der Waals surface area contributed by atoms with E-state index >= 15 is 0 Å². The molecule has 0 aromatic carbocycles. The second-order valence-electron chi connectivity index (χ2n) is 3.21. The molecule has 6 N–H and O–H groups in total. The Labute approximate surface area is 81.9 Å². The predicted molar refractivity (Wildman–Crippen MR) is 49.7 cm³/mol. The van der Waals surface area contributed by atoms with E-state index in [1.807, 2.05) is 0 Å². The van der Waals surface area contributed by atoms with Crippen LogP contribution in [0.3, 0.4) is 0 Å². The smallest absolute Gasteiger partial charge is 0.320 e. The van der Waals surface area contributed by atoms with Crippen molar-refractivity contribution in [3.8, 4) is 0 Å². The molecule has 0 saturated carbocycles. The first kappa shape index (κ1) is 12.9. The van der Waals surface area contributed by atoms with E-state index < -0.39 is 18.0 Å². The van der Waals surface area contributed by atoms with E-state index in [9.17, 15) is 9.59 Å². The summed E-state index contributed by atoms with van der Waals surface area (Å²) in [5.74, 6) is -1.96. The molecule has 1 unspecified atom stereocenters. The molecule has 0 aromatic heterocycles. The first-order valence-electron chi connectivity index (χ1n) is 4.39. The number of aliphatic carboxylic acids is 2. The van der Waals surface area contributed by atoms with E-state index in [-0.39, 0.29) is 18.9 Å². The van der Waals surface area contributed by atoms with Crippen LogP contribution in [0.15, 0.2) is 0 Å². The van der Waals surface area contributed by atoms with E-state index in [2.05, 4.69) is 0 Å². The van der Waals surface area contributed by atoms with Gasteiger partial charge >= 0.3 is 11.9 Å². The van der Waals surface area contributed by atoms with Gasteiger partial charge in [0.15, 0.2) is 0 Å². The summed E-state index contributed by atoms with van der Waals surface area (Å²) in [6, 6.07) is -1.21. The molecule has 0 amide bonds. The summed E-state index contributed by atoms with van der Waals surface area (Å²) in [4.78, 5) is 20.5. The van der Waals surface area contributed by atoms with Gasteiger partial charge in [-0.2, -0.15) is 0 Å². The van der Waals surface area contributed by atoms with E-state index in [0.29, 0.717) is 12.8 Å². The highest BCUT2D eigenvalue weighted by Crippen LogP contribution is 2.04. The highest BCUT2D eigenvalue weighted by Gasteiger charge is 2.13. The van der Waals surface area contributed by atoms with Crippen LogP contribution in [0.2, 0.25) is 0 Å². The van der Waals surface area contributed by atoms with Gasteiger partial charge in [0.1, 0.15) is 6.04 Å². The minimum Gasteiger partial charge on any atom is -0.481 e. The van der Waals surface area contributed by atoms with Crippen LogP contribution in [0.4, 0.5) is 0 Å². The fourth-order valence-corrected chi connectivity index (χ4v) is 0.970. The minimum atomic E-state index is -1.06. The molecule has 0 radical (unpaired) electrons. The molecular formula is C8H16N2O4. The summed E-state index contributed by atoms with van der Waals surface area (Å²) in [5, 5.41) is 16.8. The van der Waals surface area contributed by atoms with Gasteiger partial charge in [0.05, 0.1) is 0 Å². The minimum absolute atomic E-state index is 0.00345. The van der Waals surface area contributed by atoms with E-state index in [0.717, 1.165) is 0 Å². The molecule has 0 spiro atoms. The molecule has 0 aliphatic rings. The summed E-state index contributed by atoms with van der Waals surface area (Å²) in [6.07, 6.45) is 1.06. The Hall–Kier alpha value is -1.14. The SMILES string of the molecule is NC(CCC(=O)O)CC[C@H](N)C(=O)O. The third kappa shape index (κ3) is 6.38. The second-order valence-corrected chi connectivity index (χ2v) is 3.21. The maximum Gasteiger partial charge on any atom is 0.320 e. The zero-order valence-electron chi connectivity index (χ0n) is 7.85. The van der Waals surface area contributed by atoms with Crippen LogP contribution in [-0.4, -0.2) is 34.2 Å². The number of rotatable bonds is 7. The Morgan fingerprint density at radius 2 is 1.64 bits per heavy atom. The number of nitrogens with two attached hydrogens (primary N) is 2. The van der Waals surface area contributed by atoms with Gasteiger partial charge < -0.3 is 21.7 Å². The molecule has 2 atom stereocenters. The van der Waals surface area contributed by atoms with Crippen molar-refractivity contribution >= 4 is 11.9 Å². The summed E-state index contributed by atoms with van der Waals surface area (Å²) in [6.45, 7) is 0. The maximum atomic E-state index is 10.3. The van der Waals surface area contributed by atoms with Crippen molar-refractivity contribution in [2.75, 3.05) is 0 Å². The maximum absolute atomic E-state index is 10.3. The topological polar surface area (TPSA) is 127 Å². The standard InChI is InChI=1S/C8H16N2O4/c9-5(2-4-7(11)12)1-3-6(10)8(13)14/h5-6H,1-4,9-10H2,(H,11,12)(H,13,14)/t5?,6-/m0/s1. The Morgan fingerprint density at radius 3 is 2.07 bits per heavy atom. The third-order valence-electron chi connectivity index (χ3n) is 1.89. The molecule has 0 fully saturated rings. The van der Waals surface area contributed by atoms with Crippen molar-refractivity contribution in [2.45, 2.75) is 37.8 Å². The number of carboxylic acids is 2. The third-order valence-corrected chi connectivity index (χ3v) is 1.89. The second kappa shape index (κ2) is 6.33. The zero-order valence-corrected chi connectivity index (χ0v) is 7.85. The summed E-state index contributed by atoms with van der Waals surface area (Å²) < 4.78 is 0. The van der Waals surface area contributed by atoms with Crippen molar-refractivity contribution in [2.24, 2.45) is 11.5 Å². The van der Waals surface area contributed by atoms with Crippen LogP contribution in [0, 0.1) is 0 Å². The molecule has 0 aromatic rings. The predicted octanol–water partition coefficient (Wildman–Crippen LogP) is -0.629. The Bertz CT molecular complexity index is 208. The van der Waals surface area contributed by atoms with Crippen molar-refractivity contribution in [1.29, 1.82) is 0 Å². The normalized spacial score (nSPS) is 14.7. The summed E-state index contributed by atoms with van der Waals surface area (Å²) in [5.41, 5.74) is 10.8. The van der Waals surface area contributed by atoms with Gasteiger partial charge in [-0.05, 0) is 19.3 Å².